The van der Waals surface area contributed by atoms with Crippen molar-refractivity contribution in [3.05, 3.63) is 95.7 Å². The maximum absolute atomic E-state index is 12.6. The van der Waals surface area contributed by atoms with Gasteiger partial charge in [-0.25, -0.2) is 9.97 Å². The van der Waals surface area contributed by atoms with Crippen LogP contribution in [0.15, 0.2) is 90.1 Å². The largest absolute Gasteiger partial charge is 0.325 e. The second-order valence-electron chi connectivity index (χ2n) is 7.07. The van der Waals surface area contributed by atoms with Crippen molar-refractivity contribution in [1.29, 1.82) is 0 Å². The first-order valence-corrected chi connectivity index (χ1v) is 9.74. The van der Waals surface area contributed by atoms with Crippen molar-refractivity contribution >= 4 is 33.5 Å². The minimum atomic E-state index is -0.319. The first-order chi connectivity index (χ1) is 15.2. The van der Waals surface area contributed by atoms with Gasteiger partial charge in [0.2, 0.25) is 5.91 Å². The van der Waals surface area contributed by atoms with Gasteiger partial charge in [-0.3, -0.25) is 19.1 Å². The number of carbonyl (C=O) groups excluding carboxylic acids is 1. The van der Waals surface area contributed by atoms with Gasteiger partial charge in [0.1, 0.15) is 6.54 Å². The molecule has 0 bridgehead atoms. The smallest absolute Gasteiger partial charge is 0.261 e. The molecule has 0 unspecified atom stereocenters. The Kier molecular flexibility index (Phi) is 4.68. The number of para-hydroxylation sites is 3. The third-order valence-corrected chi connectivity index (χ3v) is 4.94. The Hall–Kier alpha value is -4.39. The van der Waals surface area contributed by atoms with Crippen molar-refractivity contribution in [3.63, 3.8) is 0 Å². The van der Waals surface area contributed by atoms with E-state index in [0.29, 0.717) is 22.3 Å². The third kappa shape index (κ3) is 3.76. The van der Waals surface area contributed by atoms with Crippen LogP contribution in [0.4, 0.5) is 5.69 Å². The van der Waals surface area contributed by atoms with Crippen LogP contribution in [0.25, 0.3) is 33.2 Å². The van der Waals surface area contributed by atoms with E-state index in [0.717, 1.165) is 16.6 Å². The van der Waals surface area contributed by atoms with Crippen LogP contribution in [0.5, 0.6) is 0 Å². The summed E-state index contributed by atoms with van der Waals surface area (Å²) in [6, 6.07) is 22.1. The van der Waals surface area contributed by atoms with Crippen molar-refractivity contribution in [2.24, 2.45) is 0 Å². The van der Waals surface area contributed by atoms with Gasteiger partial charge >= 0.3 is 0 Å². The molecule has 31 heavy (non-hydrogen) atoms. The number of aromatic nitrogens is 4. The quantitative estimate of drug-likeness (QED) is 0.491. The van der Waals surface area contributed by atoms with E-state index in [2.05, 4.69) is 20.3 Å². The second-order valence-corrected chi connectivity index (χ2v) is 7.07. The second kappa shape index (κ2) is 7.79. The van der Waals surface area contributed by atoms with E-state index < -0.39 is 0 Å². The number of hydrogen-bond donors (Lipinski definition) is 1. The Bertz CT molecular complexity index is 1490. The summed E-state index contributed by atoms with van der Waals surface area (Å²) < 4.78 is 1.30. The van der Waals surface area contributed by atoms with Crippen LogP contribution in [0.2, 0.25) is 0 Å². The summed E-state index contributed by atoms with van der Waals surface area (Å²) in [6.07, 6.45) is 3.11. The van der Waals surface area contributed by atoms with Gasteiger partial charge in [0.15, 0.2) is 0 Å². The summed E-state index contributed by atoms with van der Waals surface area (Å²) in [6.45, 7) is -0.128. The van der Waals surface area contributed by atoms with E-state index >= 15 is 0 Å². The number of rotatable bonds is 4. The number of anilines is 1. The molecule has 1 amide bonds. The fourth-order valence-electron chi connectivity index (χ4n) is 3.43. The van der Waals surface area contributed by atoms with Crippen LogP contribution in [0.1, 0.15) is 0 Å². The Balaban J connectivity index is 1.37. The molecule has 7 nitrogen and oxygen atoms in total. The van der Waals surface area contributed by atoms with Crippen molar-refractivity contribution in [2.75, 3.05) is 5.32 Å². The molecule has 0 aliphatic rings. The maximum Gasteiger partial charge on any atom is 0.261 e. The van der Waals surface area contributed by atoms with Gasteiger partial charge in [0.05, 0.1) is 40.2 Å². The highest BCUT2D eigenvalue weighted by Gasteiger charge is 2.09. The van der Waals surface area contributed by atoms with Crippen LogP contribution in [-0.4, -0.2) is 25.4 Å². The highest BCUT2D eigenvalue weighted by Crippen LogP contribution is 2.22. The number of nitrogens with zero attached hydrogens (tertiary/aromatic N) is 4. The fraction of sp³-hybridized carbons (Fsp3) is 0.0417. The average Bonchev–Trinajstić information content (AvgIpc) is 2.81. The number of amides is 1. The molecule has 5 rings (SSSR count). The Morgan fingerprint density at radius 2 is 1.65 bits per heavy atom. The van der Waals surface area contributed by atoms with Gasteiger partial charge in [-0.05, 0) is 36.4 Å². The molecular weight excluding hydrogens is 390 g/mol. The monoisotopic (exact) mass is 407 g/mol. The first-order valence-electron chi connectivity index (χ1n) is 9.74. The molecule has 2 aromatic heterocycles. The summed E-state index contributed by atoms with van der Waals surface area (Å²) in [5.74, 6) is -0.319. The van der Waals surface area contributed by atoms with Crippen molar-refractivity contribution < 1.29 is 4.79 Å². The predicted octanol–water partition coefficient (Wildman–Crippen LogP) is 3.65. The van der Waals surface area contributed by atoms with Crippen molar-refractivity contribution in [1.82, 2.24) is 19.5 Å². The summed E-state index contributed by atoms with van der Waals surface area (Å²) in [4.78, 5) is 38.5. The van der Waals surface area contributed by atoms with Gasteiger partial charge in [-0.15, -0.1) is 0 Å². The molecule has 0 aliphatic carbocycles. The van der Waals surface area contributed by atoms with E-state index in [9.17, 15) is 9.59 Å². The van der Waals surface area contributed by atoms with Crippen molar-refractivity contribution in [3.8, 4) is 11.3 Å². The summed E-state index contributed by atoms with van der Waals surface area (Å²) in [5.41, 5.74) is 4.14. The molecule has 0 aliphatic heterocycles. The first kappa shape index (κ1) is 18.6. The highest BCUT2D eigenvalue weighted by molar-refractivity contribution is 5.91. The van der Waals surface area contributed by atoms with E-state index in [1.165, 1.54) is 10.9 Å². The number of benzene rings is 3. The number of carbonyl (C=O) groups is 1. The SMILES string of the molecule is O=C(Cn1cnc2ccccc2c1=O)Nc1cccc(-c2cnc3ccccc3n2)c1. The van der Waals surface area contributed by atoms with Gasteiger partial charge in [-0.1, -0.05) is 36.4 Å². The van der Waals surface area contributed by atoms with E-state index in [1.807, 2.05) is 48.5 Å². The minimum absolute atomic E-state index is 0.128. The lowest BCUT2D eigenvalue weighted by atomic mass is 10.1. The predicted molar refractivity (Wildman–Crippen MR) is 120 cm³/mol. The van der Waals surface area contributed by atoms with E-state index in [-0.39, 0.29) is 18.0 Å². The summed E-state index contributed by atoms with van der Waals surface area (Å²) in [5, 5.41) is 3.32. The molecule has 3 aromatic carbocycles. The lowest BCUT2D eigenvalue weighted by Crippen LogP contribution is -2.27. The maximum atomic E-state index is 12.6. The normalized spacial score (nSPS) is 11.0. The molecule has 1 N–H and O–H groups in total. The molecule has 150 valence electrons. The van der Waals surface area contributed by atoms with Gasteiger partial charge in [0.25, 0.3) is 5.56 Å². The Morgan fingerprint density at radius 1 is 0.871 bits per heavy atom. The molecular formula is C24H17N5O2. The molecule has 0 saturated heterocycles. The zero-order valence-corrected chi connectivity index (χ0v) is 16.4. The molecule has 0 saturated carbocycles. The standard InChI is InChI=1S/C24H17N5O2/c30-23(14-29-15-26-19-9-2-1-8-18(19)24(29)31)27-17-7-5-6-16(12-17)22-13-25-20-10-3-4-11-21(20)28-22/h1-13,15H,14H2,(H,27,30). The topological polar surface area (TPSA) is 89.8 Å². The van der Waals surface area contributed by atoms with Crippen LogP contribution in [0, 0.1) is 0 Å². The number of hydrogen-bond acceptors (Lipinski definition) is 5. The summed E-state index contributed by atoms with van der Waals surface area (Å²) in [7, 11) is 0. The minimum Gasteiger partial charge on any atom is -0.325 e. The van der Waals surface area contributed by atoms with Crippen LogP contribution in [-0.2, 0) is 11.3 Å². The molecule has 7 heteroatoms. The fourth-order valence-corrected chi connectivity index (χ4v) is 3.43. The number of nitrogens with one attached hydrogen (secondary N) is 1. The van der Waals surface area contributed by atoms with Gasteiger partial charge in [-0.2, -0.15) is 0 Å². The number of fused-ring (bicyclic) bond motifs is 2. The Morgan fingerprint density at radius 3 is 2.52 bits per heavy atom. The lowest BCUT2D eigenvalue weighted by molar-refractivity contribution is -0.116. The van der Waals surface area contributed by atoms with Crippen LogP contribution < -0.4 is 10.9 Å². The van der Waals surface area contributed by atoms with E-state index in [4.69, 9.17) is 0 Å². The van der Waals surface area contributed by atoms with Gasteiger partial charge in [0, 0.05) is 11.3 Å². The molecule has 0 radical (unpaired) electrons. The average molecular weight is 407 g/mol. The Labute approximate surface area is 177 Å². The summed E-state index contributed by atoms with van der Waals surface area (Å²) >= 11 is 0. The molecule has 0 spiro atoms. The zero-order chi connectivity index (χ0) is 21.2. The van der Waals surface area contributed by atoms with Gasteiger partial charge < -0.3 is 5.32 Å². The molecule has 5 aromatic rings. The van der Waals surface area contributed by atoms with E-state index in [1.54, 1.807) is 30.5 Å². The van der Waals surface area contributed by atoms with Crippen LogP contribution >= 0.6 is 0 Å². The molecule has 2 heterocycles. The zero-order valence-electron chi connectivity index (χ0n) is 16.4. The third-order valence-electron chi connectivity index (χ3n) is 4.94. The van der Waals surface area contributed by atoms with Crippen molar-refractivity contribution in [2.45, 2.75) is 6.54 Å². The highest BCUT2D eigenvalue weighted by atomic mass is 16.2. The lowest BCUT2D eigenvalue weighted by Gasteiger charge is -2.09. The van der Waals surface area contributed by atoms with Crippen LogP contribution in [0.3, 0.4) is 0 Å². The molecule has 0 fully saturated rings. The molecule has 0 atom stereocenters.